The Hall–Kier alpha value is -1.40. The van der Waals surface area contributed by atoms with E-state index in [-0.39, 0.29) is 10.8 Å². The van der Waals surface area contributed by atoms with E-state index < -0.39 is 10.1 Å². The van der Waals surface area contributed by atoms with E-state index >= 15 is 0 Å². The van der Waals surface area contributed by atoms with Gasteiger partial charge in [-0.15, -0.1) is 0 Å². The number of benzene rings is 1. The minimum absolute atomic E-state index is 0.0717. The van der Waals surface area contributed by atoms with Gasteiger partial charge >= 0.3 is 0 Å². The maximum Gasteiger partial charge on any atom is 0.294 e. The van der Waals surface area contributed by atoms with Crippen LogP contribution >= 0.6 is 0 Å². The highest BCUT2D eigenvalue weighted by Gasteiger charge is 2.09. The zero-order valence-corrected chi connectivity index (χ0v) is 15.3. The third-order valence-electron chi connectivity index (χ3n) is 3.94. The van der Waals surface area contributed by atoms with Gasteiger partial charge < -0.3 is 5.32 Å². The molecule has 1 amide bonds. The monoisotopic (exact) mass is 355 g/mol. The number of carbonyl (C=O) groups is 1. The third kappa shape index (κ3) is 9.03. The minimum atomic E-state index is -4.19. The molecule has 2 N–H and O–H groups in total. The fourth-order valence-corrected chi connectivity index (χ4v) is 3.01. The first kappa shape index (κ1) is 20.6. The highest BCUT2D eigenvalue weighted by Crippen LogP contribution is 2.15. The molecule has 0 spiro atoms. The molecule has 0 bridgehead atoms. The molecular weight excluding hydrogens is 326 g/mol. The zero-order valence-electron chi connectivity index (χ0n) is 14.5. The molecule has 24 heavy (non-hydrogen) atoms. The predicted molar refractivity (Wildman–Crippen MR) is 96.7 cm³/mol. The van der Waals surface area contributed by atoms with Gasteiger partial charge in [0, 0.05) is 12.1 Å². The average Bonchev–Trinajstić information content (AvgIpc) is 2.53. The molecule has 5 nitrogen and oxygen atoms in total. The van der Waals surface area contributed by atoms with Crippen LogP contribution < -0.4 is 5.32 Å². The van der Waals surface area contributed by atoms with Crippen molar-refractivity contribution in [2.24, 2.45) is 0 Å². The van der Waals surface area contributed by atoms with E-state index in [0.29, 0.717) is 12.1 Å². The van der Waals surface area contributed by atoms with E-state index in [1.807, 2.05) is 0 Å². The summed E-state index contributed by atoms with van der Waals surface area (Å²) in [6.07, 6.45) is 11.3. The van der Waals surface area contributed by atoms with Crippen molar-refractivity contribution in [1.29, 1.82) is 0 Å². The van der Waals surface area contributed by atoms with E-state index in [2.05, 4.69) is 12.2 Å². The first-order valence-corrected chi connectivity index (χ1v) is 10.2. The van der Waals surface area contributed by atoms with Crippen LogP contribution in [0.5, 0.6) is 0 Å². The van der Waals surface area contributed by atoms with Crippen LogP contribution in [0.25, 0.3) is 0 Å². The number of hydrogen-bond donors (Lipinski definition) is 2. The molecule has 1 aromatic carbocycles. The molecule has 0 unspecified atom stereocenters. The smallest absolute Gasteiger partial charge is 0.294 e. The summed E-state index contributed by atoms with van der Waals surface area (Å²) in [5, 5.41) is 2.73. The van der Waals surface area contributed by atoms with Crippen molar-refractivity contribution in [3.8, 4) is 0 Å². The van der Waals surface area contributed by atoms with Crippen molar-refractivity contribution in [2.75, 3.05) is 5.32 Å². The van der Waals surface area contributed by atoms with Gasteiger partial charge in [-0.3, -0.25) is 9.35 Å². The van der Waals surface area contributed by atoms with Gasteiger partial charge in [0.05, 0.1) is 4.90 Å². The molecule has 0 fully saturated rings. The van der Waals surface area contributed by atoms with Gasteiger partial charge in [-0.25, -0.2) is 0 Å². The van der Waals surface area contributed by atoms with Crippen molar-refractivity contribution in [3.63, 3.8) is 0 Å². The summed E-state index contributed by atoms with van der Waals surface area (Å²) in [5.41, 5.74) is 0.531. The summed E-state index contributed by atoms with van der Waals surface area (Å²) in [4.78, 5) is 11.6. The molecule has 0 aliphatic rings. The summed E-state index contributed by atoms with van der Waals surface area (Å²) < 4.78 is 30.8. The van der Waals surface area contributed by atoms with Gasteiger partial charge in [-0.05, 0) is 30.7 Å². The summed E-state index contributed by atoms with van der Waals surface area (Å²) in [7, 11) is -4.19. The van der Waals surface area contributed by atoms with E-state index in [1.54, 1.807) is 0 Å². The Morgan fingerprint density at radius 2 is 1.42 bits per heavy atom. The van der Waals surface area contributed by atoms with Crippen LogP contribution in [-0.4, -0.2) is 18.9 Å². The molecule has 0 radical (unpaired) electrons. The lowest BCUT2D eigenvalue weighted by Crippen LogP contribution is -2.11. The summed E-state index contributed by atoms with van der Waals surface area (Å²) in [6, 6.07) is 5.47. The van der Waals surface area contributed by atoms with Crippen LogP contribution in [-0.2, 0) is 14.9 Å². The molecule has 1 aromatic rings. The van der Waals surface area contributed by atoms with Crippen molar-refractivity contribution in [1.82, 2.24) is 0 Å². The quantitative estimate of drug-likeness (QED) is 0.417. The largest absolute Gasteiger partial charge is 0.326 e. The summed E-state index contributed by atoms with van der Waals surface area (Å²) in [6.45, 7) is 2.22. The van der Waals surface area contributed by atoms with Crippen LogP contribution in [0.4, 0.5) is 5.69 Å². The molecule has 1 rings (SSSR count). The van der Waals surface area contributed by atoms with Gasteiger partial charge in [0.15, 0.2) is 0 Å². The molecule has 6 heteroatoms. The number of rotatable bonds is 12. The number of carbonyl (C=O) groups excluding carboxylic acids is 1. The number of anilines is 1. The maximum atomic E-state index is 11.8. The van der Waals surface area contributed by atoms with Gasteiger partial charge in [0.2, 0.25) is 5.91 Å². The Labute approximate surface area is 145 Å². The Bertz CT molecular complexity index is 582. The van der Waals surface area contributed by atoms with Gasteiger partial charge in [-0.1, -0.05) is 58.3 Å². The predicted octanol–water partition coefficient (Wildman–Crippen LogP) is 4.79. The molecule has 0 aliphatic carbocycles. The van der Waals surface area contributed by atoms with Crippen molar-refractivity contribution < 1.29 is 17.8 Å². The molecule has 0 atom stereocenters. The Kier molecular flexibility index (Phi) is 9.64. The molecule has 0 heterocycles. The fraction of sp³-hybridized carbons (Fsp3) is 0.611. The number of nitrogens with one attached hydrogen (secondary N) is 1. The van der Waals surface area contributed by atoms with Crippen LogP contribution in [0, 0.1) is 0 Å². The Morgan fingerprint density at radius 1 is 0.917 bits per heavy atom. The summed E-state index contributed by atoms with van der Waals surface area (Å²) >= 11 is 0. The average molecular weight is 356 g/mol. The fourth-order valence-electron chi connectivity index (χ4n) is 2.53. The molecule has 0 aromatic heterocycles. The van der Waals surface area contributed by atoms with Crippen LogP contribution in [0.3, 0.4) is 0 Å². The van der Waals surface area contributed by atoms with E-state index in [0.717, 1.165) is 12.8 Å². The highest BCUT2D eigenvalue weighted by molar-refractivity contribution is 7.85. The molecule has 0 aliphatic heterocycles. The van der Waals surface area contributed by atoms with Crippen LogP contribution in [0.15, 0.2) is 29.2 Å². The van der Waals surface area contributed by atoms with E-state index in [4.69, 9.17) is 4.55 Å². The Balaban J connectivity index is 2.14. The van der Waals surface area contributed by atoms with Crippen LogP contribution in [0.2, 0.25) is 0 Å². The van der Waals surface area contributed by atoms with Gasteiger partial charge in [-0.2, -0.15) is 8.42 Å². The maximum absolute atomic E-state index is 11.8. The Morgan fingerprint density at radius 3 is 1.92 bits per heavy atom. The normalized spacial score (nSPS) is 11.4. The van der Waals surface area contributed by atoms with Crippen molar-refractivity contribution >= 4 is 21.7 Å². The second kappa shape index (κ2) is 11.2. The number of amides is 1. The first-order valence-electron chi connectivity index (χ1n) is 8.81. The lowest BCUT2D eigenvalue weighted by atomic mass is 10.1. The van der Waals surface area contributed by atoms with Crippen LogP contribution in [0.1, 0.15) is 71.1 Å². The topological polar surface area (TPSA) is 83.5 Å². The summed E-state index contributed by atoms with van der Waals surface area (Å²) in [5.74, 6) is -0.0717. The van der Waals surface area contributed by atoms with Gasteiger partial charge in [0.1, 0.15) is 0 Å². The third-order valence-corrected chi connectivity index (χ3v) is 4.81. The SMILES string of the molecule is CCCCCCCCCCCC(=O)Nc1ccc(S(=O)(=O)O)cc1. The van der Waals surface area contributed by atoms with Crippen molar-refractivity contribution in [3.05, 3.63) is 24.3 Å². The molecular formula is C18H29NO4S. The van der Waals surface area contributed by atoms with Gasteiger partial charge in [0.25, 0.3) is 10.1 Å². The lowest BCUT2D eigenvalue weighted by molar-refractivity contribution is -0.116. The second-order valence-corrected chi connectivity index (χ2v) is 7.55. The number of hydrogen-bond acceptors (Lipinski definition) is 3. The first-order chi connectivity index (χ1) is 11.4. The van der Waals surface area contributed by atoms with E-state index in [9.17, 15) is 13.2 Å². The molecule has 0 saturated carbocycles. The van der Waals surface area contributed by atoms with E-state index in [1.165, 1.54) is 69.2 Å². The minimum Gasteiger partial charge on any atom is -0.326 e. The zero-order chi connectivity index (χ0) is 17.8. The highest BCUT2D eigenvalue weighted by atomic mass is 32.2. The molecule has 136 valence electrons. The second-order valence-electron chi connectivity index (χ2n) is 6.13. The van der Waals surface area contributed by atoms with Crippen molar-refractivity contribution in [2.45, 2.75) is 76.0 Å². The standard InChI is InChI=1S/C18H29NO4S/c1-2-3-4-5-6-7-8-9-10-11-18(20)19-16-12-14-17(15-13-16)24(21,22)23/h12-15H,2-11H2,1H3,(H,19,20)(H,21,22,23). The molecule has 0 saturated heterocycles. The number of unbranched alkanes of at least 4 members (excludes halogenated alkanes) is 8. The lowest BCUT2D eigenvalue weighted by Gasteiger charge is -2.06.